The van der Waals surface area contributed by atoms with Crippen molar-refractivity contribution in [3.05, 3.63) is 18.1 Å². The van der Waals surface area contributed by atoms with E-state index in [4.69, 9.17) is 0 Å². The van der Waals surface area contributed by atoms with Gasteiger partial charge in [0.25, 0.3) is 0 Å². The molecule has 1 saturated carbocycles. The van der Waals surface area contributed by atoms with Crippen LogP contribution in [-0.2, 0) is 0 Å². The summed E-state index contributed by atoms with van der Waals surface area (Å²) in [6.07, 6.45) is 5.07. The van der Waals surface area contributed by atoms with Crippen molar-refractivity contribution in [3.8, 4) is 0 Å². The first-order valence-electron chi connectivity index (χ1n) is 7.85. The Morgan fingerprint density at radius 1 is 1.38 bits per heavy atom. The molecule has 2 aliphatic rings. The summed E-state index contributed by atoms with van der Waals surface area (Å²) in [5.41, 5.74) is 1.16. The van der Waals surface area contributed by atoms with E-state index in [9.17, 15) is 5.11 Å². The Hall–Kier alpha value is -1.20. The van der Waals surface area contributed by atoms with Gasteiger partial charge in [0.05, 0.1) is 24.0 Å². The number of rotatable bonds is 3. The van der Waals surface area contributed by atoms with Gasteiger partial charge in [-0.3, -0.25) is 4.98 Å². The third-order valence-electron chi connectivity index (χ3n) is 5.09. The zero-order valence-corrected chi connectivity index (χ0v) is 13.4. The third kappa shape index (κ3) is 2.53. The van der Waals surface area contributed by atoms with Gasteiger partial charge in [-0.25, -0.2) is 4.98 Å². The highest BCUT2D eigenvalue weighted by Gasteiger charge is 2.58. The summed E-state index contributed by atoms with van der Waals surface area (Å²) in [5, 5.41) is 13.9. The summed E-state index contributed by atoms with van der Waals surface area (Å²) in [4.78, 5) is 11.0. The molecule has 0 aromatic carbocycles. The highest BCUT2D eigenvalue weighted by Crippen LogP contribution is 2.52. The second-order valence-corrected chi connectivity index (χ2v) is 7.24. The molecule has 5 nitrogen and oxygen atoms in total. The Kier molecular flexibility index (Phi) is 3.66. The maximum absolute atomic E-state index is 10.5. The number of aliphatic hydroxyl groups is 1. The second-order valence-electron chi connectivity index (χ2n) is 7.24. The molecule has 2 N–H and O–H groups in total. The average Bonchev–Trinajstić information content (AvgIpc) is 2.66. The van der Waals surface area contributed by atoms with Gasteiger partial charge in [-0.1, -0.05) is 13.8 Å². The molecule has 2 fully saturated rings. The zero-order valence-electron chi connectivity index (χ0n) is 13.4. The monoisotopic (exact) mass is 290 g/mol. The van der Waals surface area contributed by atoms with E-state index in [-0.39, 0.29) is 17.6 Å². The minimum absolute atomic E-state index is 0.0797. The van der Waals surface area contributed by atoms with Crippen LogP contribution in [0.15, 0.2) is 12.4 Å². The van der Waals surface area contributed by atoms with Crippen LogP contribution in [0, 0.1) is 18.3 Å². The summed E-state index contributed by atoms with van der Waals surface area (Å²) in [6, 6.07) is 0.651. The molecule has 21 heavy (non-hydrogen) atoms. The number of hydrogen-bond acceptors (Lipinski definition) is 5. The fourth-order valence-electron chi connectivity index (χ4n) is 4.72. The van der Waals surface area contributed by atoms with E-state index in [1.165, 1.54) is 0 Å². The first-order chi connectivity index (χ1) is 9.91. The van der Waals surface area contributed by atoms with Crippen molar-refractivity contribution in [1.82, 2.24) is 14.9 Å². The van der Waals surface area contributed by atoms with Crippen LogP contribution in [0.1, 0.15) is 32.4 Å². The lowest BCUT2D eigenvalue weighted by Gasteiger charge is -2.57. The lowest BCUT2D eigenvalue weighted by molar-refractivity contribution is -0.0825. The van der Waals surface area contributed by atoms with Crippen LogP contribution in [0.2, 0.25) is 0 Å². The molecule has 1 saturated heterocycles. The molecule has 3 rings (SSSR count). The fraction of sp³-hybridized carbons (Fsp3) is 0.750. The number of aryl methyl sites for hydroxylation is 1. The van der Waals surface area contributed by atoms with Crippen molar-refractivity contribution in [2.24, 2.45) is 11.3 Å². The van der Waals surface area contributed by atoms with Crippen molar-refractivity contribution in [3.63, 3.8) is 0 Å². The Morgan fingerprint density at radius 2 is 2.14 bits per heavy atom. The molecule has 0 bridgehead atoms. The normalized spacial score (nSPS) is 36.2. The summed E-state index contributed by atoms with van der Waals surface area (Å²) in [6.45, 7) is 7.58. The highest BCUT2D eigenvalue weighted by molar-refractivity contribution is 5.35. The molecule has 4 atom stereocenters. The van der Waals surface area contributed by atoms with E-state index < -0.39 is 0 Å². The van der Waals surface area contributed by atoms with Crippen LogP contribution in [0.5, 0.6) is 0 Å². The number of aliphatic hydroxyl groups excluding tert-OH is 1. The van der Waals surface area contributed by atoms with Crippen LogP contribution < -0.4 is 5.32 Å². The molecule has 1 spiro atoms. The lowest BCUT2D eigenvalue weighted by atomic mass is 9.66. The first kappa shape index (κ1) is 14.7. The molecule has 116 valence electrons. The molecule has 0 amide bonds. The predicted molar refractivity (Wildman–Crippen MR) is 83.1 cm³/mol. The Balaban J connectivity index is 1.72. The van der Waals surface area contributed by atoms with Crippen molar-refractivity contribution < 1.29 is 5.11 Å². The minimum Gasteiger partial charge on any atom is -0.391 e. The highest BCUT2D eigenvalue weighted by atomic mass is 16.3. The number of nitrogens with one attached hydrogen (secondary N) is 1. The molecule has 1 aromatic rings. The molecule has 1 aliphatic heterocycles. The van der Waals surface area contributed by atoms with E-state index in [1.807, 2.05) is 6.92 Å². The lowest BCUT2D eigenvalue weighted by Crippen LogP contribution is -2.64. The van der Waals surface area contributed by atoms with Crippen LogP contribution in [-0.4, -0.2) is 51.8 Å². The van der Waals surface area contributed by atoms with Gasteiger partial charge in [-0.15, -0.1) is 0 Å². The van der Waals surface area contributed by atoms with Crippen LogP contribution >= 0.6 is 0 Å². The average molecular weight is 290 g/mol. The van der Waals surface area contributed by atoms with Crippen molar-refractivity contribution in [1.29, 1.82) is 0 Å². The Bertz CT molecular complexity index is 516. The fourth-order valence-corrected chi connectivity index (χ4v) is 4.72. The molecular formula is C16H26N4O. The SMILES string of the molecule is Cc1cncc(N[C@@H]2CC3(C[C@H]2O)CN(C)C3C(C)C)n1. The van der Waals surface area contributed by atoms with Crippen LogP contribution in [0.25, 0.3) is 0 Å². The number of aromatic nitrogens is 2. The van der Waals surface area contributed by atoms with Crippen molar-refractivity contribution in [2.75, 3.05) is 18.9 Å². The van der Waals surface area contributed by atoms with Gasteiger partial charge in [0.15, 0.2) is 0 Å². The smallest absolute Gasteiger partial charge is 0.145 e. The number of likely N-dealkylation sites (tertiary alicyclic amines) is 1. The predicted octanol–water partition coefficient (Wildman–Crippen LogP) is 1.68. The minimum atomic E-state index is -0.303. The standard InChI is InChI=1S/C16H26N4O/c1-10(2)15-16(9-20(15)4)5-12(13(21)6-16)19-14-8-17-7-11(3)18-14/h7-8,10,12-13,15,21H,5-6,9H2,1-4H3,(H,18,19)/t12-,13-,15?,16?/m1/s1. The summed E-state index contributed by atoms with van der Waals surface area (Å²) in [7, 11) is 2.19. The van der Waals surface area contributed by atoms with Gasteiger partial charge < -0.3 is 15.3 Å². The zero-order chi connectivity index (χ0) is 15.2. The summed E-state index contributed by atoms with van der Waals surface area (Å²) < 4.78 is 0. The van der Waals surface area contributed by atoms with Gasteiger partial charge in [-0.2, -0.15) is 0 Å². The van der Waals surface area contributed by atoms with Crippen LogP contribution in [0.3, 0.4) is 0 Å². The molecule has 2 unspecified atom stereocenters. The number of hydrogen-bond donors (Lipinski definition) is 2. The number of anilines is 1. The van der Waals surface area contributed by atoms with Crippen LogP contribution in [0.4, 0.5) is 5.82 Å². The maximum Gasteiger partial charge on any atom is 0.145 e. The topological polar surface area (TPSA) is 61.3 Å². The van der Waals surface area contributed by atoms with E-state index >= 15 is 0 Å². The second kappa shape index (κ2) is 5.21. The Labute approximate surface area is 126 Å². The van der Waals surface area contributed by atoms with Gasteiger partial charge in [0.2, 0.25) is 0 Å². The molecule has 1 aromatic heterocycles. The van der Waals surface area contributed by atoms with Gasteiger partial charge >= 0.3 is 0 Å². The molecule has 0 radical (unpaired) electrons. The summed E-state index contributed by atoms with van der Waals surface area (Å²) >= 11 is 0. The first-order valence-corrected chi connectivity index (χ1v) is 7.85. The molecule has 2 heterocycles. The summed E-state index contributed by atoms with van der Waals surface area (Å²) in [5.74, 6) is 1.39. The van der Waals surface area contributed by atoms with Crippen molar-refractivity contribution in [2.45, 2.75) is 51.8 Å². The molecule has 5 heteroatoms. The van der Waals surface area contributed by atoms with Crippen molar-refractivity contribution >= 4 is 5.82 Å². The van der Waals surface area contributed by atoms with Gasteiger partial charge in [0.1, 0.15) is 5.82 Å². The quantitative estimate of drug-likeness (QED) is 0.887. The van der Waals surface area contributed by atoms with E-state index in [1.54, 1.807) is 12.4 Å². The largest absolute Gasteiger partial charge is 0.391 e. The maximum atomic E-state index is 10.5. The van der Waals surface area contributed by atoms with Gasteiger partial charge in [-0.05, 0) is 32.7 Å². The van der Waals surface area contributed by atoms with E-state index in [0.29, 0.717) is 12.0 Å². The van der Waals surface area contributed by atoms with Gasteiger partial charge in [0, 0.05) is 24.2 Å². The third-order valence-corrected chi connectivity index (χ3v) is 5.09. The Morgan fingerprint density at radius 3 is 2.76 bits per heavy atom. The van der Waals surface area contributed by atoms with E-state index in [2.05, 4.69) is 41.1 Å². The number of nitrogens with zero attached hydrogens (tertiary/aromatic N) is 3. The van der Waals surface area contributed by atoms with E-state index in [0.717, 1.165) is 30.9 Å². The molecule has 1 aliphatic carbocycles. The molecular weight excluding hydrogens is 264 g/mol.